The van der Waals surface area contributed by atoms with Gasteiger partial charge in [-0.2, -0.15) is 0 Å². The SMILES string of the molecule is CN(C(=O)CCl)C1CCC(c2ccccc2)CC1. The summed E-state index contributed by atoms with van der Waals surface area (Å²) in [5.41, 5.74) is 1.43. The average Bonchev–Trinajstić information content (AvgIpc) is 2.47. The third-order valence-corrected chi connectivity index (χ3v) is 4.25. The normalized spacial score (nSPS) is 23.7. The van der Waals surface area contributed by atoms with Crippen molar-refractivity contribution in [3.05, 3.63) is 35.9 Å². The fraction of sp³-hybridized carbons (Fsp3) is 0.533. The third kappa shape index (κ3) is 3.05. The first-order chi connectivity index (χ1) is 8.72. The van der Waals surface area contributed by atoms with Crippen molar-refractivity contribution in [2.45, 2.75) is 37.6 Å². The highest BCUT2D eigenvalue weighted by Gasteiger charge is 2.26. The van der Waals surface area contributed by atoms with E-state index in [0.717, 1.165) is 25.7 Å². The topological polar surface area (TPSA) is 20.3 Å². The zero-order valence-corrected chi connectivity index (χ0v) is 11.6. The Balaban J connectivity index is 1.90. The maximum atomic E-state index is 11.6. The molecule has 18 heavy (non-hydrogen) atoms. The Kier molecular flexibility index (Phi) is 4.65. The molecule has 1 aromatic rings. The van der Waals surface area contributed by atoms with Crippen LogP contribution in [-0.4, -0.2) is 29.8 Å². The molecule has 0 heterocycles. The molecule has 1 saturated carbocycles. The van der Waals surface area contributed by atoms with Crippen molar-refractivity contribution in [2.24, 2.45) is 0 Å². The average molecular weight is 266 g/mol. The number of amides is 1. The number of halogens is 1. The minimum atomic E-state index is 0.0415. The monoisotopic (exact) mass is 265 g/mol. The highest BCUT2D eigenvalue weighted by molar-refractivity contribution is 6.27. The van der Waals surface area contributed by atoms with Gasteiger partial charge < -0.3 is 4.90 Å². The Hall–Kier alpha value is -1.02. The van der Waals surface area contributed by atoms with Crippen molar-refractivity contribution < 1.29 is 4.79 Å². The summed E-state index contributed by atoms with van der Waals surface area (Å²) in [5, 5.41) is 0. The van der Waals surface area contributed by atoms with Gasteiger partial charge in [0.15, 0.2) is 0 Å². The van der Waals surface area contributed by atoms with E-state index in [1.165, 1.54) is 5.56 Å². The van der Waals surface area contributed by atoms with Gasteiger partial charge in [0.25, 0.3) is 0 Å². The van der Waals surface area contributed by atoms with Crippen LogP contribution in [-0.2, 0) is 4.79 Å². The van der Waals surface area contributed by atoms with Gasteiger partial charge >= 0.3 is 0 Å². The molecular weight excluding hydrogens is 246 g/mol. The van der Waals surface area contributed by atoms with E-state index in [1.54, 1.807) is 0 Å². The third-order valence-electron chi connectivity index (χ3n) is 4.02. The fourth-order valence-corrected chi connectivity index (χ4v) is 3.01. The molecule has 1 aliphatic rings. The number of benzene rings is 1. The quantitative estimate of drug-likeness (QED) is 0.767. The van der Waals surface area contributed by atoms with E-state index in [4.69, 9.17) is 11.6 Å². The summed E-state index contributed by atoms with van der Waals surface area (Å²) in [4.78, 5) is 13.4. The van der Waals surface area contributed by atoms with Gasteiger partial charge in [0.1, 0.15) is 5.88 Å². The molecule has 3 heteroatoms. The molecule has 0 aromatic heterocycles. The molecule has 0 aliphatic heterocycles. The number of carbonyl (C=O) groups is 1. The van der Waals surface area contributed by atoms with Gasteiger partial charge in [0, 0.05) is 13.1 Å². The van der Waals surface area contributed by atoms with E-state index in [0.29, 0.717) is 12.0 Å². The van der Waals surface area contributed by atoms with E-state index in [9.17, 15) is 4.79 Å². The number of alkyl halides is 1. The van der Waals surface area contributed by atoms with Crippen LogP contribution in [0.5, 0.6) is 0 Å². The first-order valence-corrected chi connectivity index (χ1v) is 7.12. The second kappa shape index (κ2) is 6.24. The number of rotatable bonds is 3. The molecule has 1 aliphatic carbocycles. The first kappa shape index (κ1) is 13.4. The van der Waals surface area contributed by atoms with Gasteiger partial charge in [-0.3, -0.25) is 4.79 Å². The van der Waals surface area contributed by atoms with Crippen LogP contribution in [0.4, 0.5) is 0 Å². The van der Waals surface area contributed by atoms with E-state index in [1.807, 2.05) is 11.9 Å². The van der Waals surface area contributed by atoms with Crippen molar-refractivity contribution in [3.63, 3.8) is 0 Å². The highest BCUT2D eigenvalue weighted by atomic mass is 35.5. The molecule has 0 N–H and O–H groups in total. The van der Waals surface area contributed by atoms with Gasteiger partial charge in [-0.15, -0.1) is 11.6 Å². The smallest absolute Gasteiger partial charge is 0.237 e. The van der Waals surface area contributed by atoms with Gasteiger partial charge in [-0.25, -0.2) is 0 Å². The molecule has 0 atom stereocenters. The molecule has 1 fully saturated rings. The van der Waals surface area contributed by atoms with E-state index in [2.05, 4.69) is 30.3 Å². The number of hydrogen-bond donors (Lipinski definition) is 0. The van der Waals surface area contributed by atoms with Crippen molar-refractivity contribution >= 4 is 17.5 Å². The van der Waals surface area contributed by atoms with Crippen LogP contribution in [0, 0.1) is 0 Å². The summed E-state index contributed by atoms with van der Waals surface area (Å²) in [6.07, 6.45) is 4.49. The zero-order valence-electron chi connectivity index (χ0n) is 10.8. The molecule has 0 unspecified atom stereocenters. The molecule has 2 rings (SSSR count). The van der Waals surface area contributed by atoms with Crippen molar-refractivity contribution in [2.75, 3.05) is 12.9 Å². The lowest BCUT2D eigenvalue weighted by atomic mass is 9.81. The van der Waals surface area contributed by atoms with Gasteiger partial charge in [-0.05, 0) is 37.2 Å². The second-order valence-electron chi connectivity index (χ2n) is 5.05. The van der Waals surface area contributed by atoms with Crippen molar-refractivity contribution in [3.8, 4) is 0 Å². The van der Waals surface area contributed by atoms with Gasteiger partial charge in [0.2, 0.25) is 5.91 Å². The molecule has 0 saturated heterocycles. The largest absolute Gasteiger partial charge is 0.342 e. The first-order valence-electron chi connectivity index (χ1n) is 6.59. The van der Waals surface area contributed by atoms with E-state index >= 15 is 0 Å². The highest BCUT2D eigenvalue weighted by Crippen LogP contribution is 2.34. The minimum absolute atomic E-state index is 0.0415. The summed E-state index contributed by atoms with van der Waals surface area (Å²) in [6, 6.07) is 11.0. The van der Waals surface area contributed by atoms with Crippen LogP contribution in [0.25, 0.3) is 0 Å². The van der Waals surface area contributed by atoms with Gasteiger partial charge in [0.05, 0.1) is 0 Å². The van der Waals surface area contributed by atoms with Crippen LogP contribution >= 0.6 is 11.6 Å². The van der Waals surface area contributed by atoms with Crippen molar-refractivity contribution in [1.29, 1.82) is 0 Å². The summed E-state index contributed by atoms with van der Waals surface area (Å²) < 4.78 is 0. The molecular formula is C15H20ClNO. The molecule has 1 amide bonds. The maximum absolute atomic E-state index is 11.6. The summed E-state index contributed by atoms with van der Waals surface area (Å²) in [5.74, 6) is 0.788. The Bertz CT molecular complexity index is 385. The number of hydrogen-bond acceptors (Lipinski definition) is 1. The summed E-state index contributed by atoms with van der Waals surface area (Å²) >= 11 is 5.60. The van der Waals surface area contributed by atoms with Crippen LogP contribution in [0.2, 0.25) is 0 Å². The standard InChI is InChI=1S/C15H20ClNO/c1-17(15(18)11-16)14-9-7-13(8-10-14)12-5-3-2-4-6-12/h2-6,13-14H,7-11H2,1H3. The Morgan fingerprint density at radius 2 is 1.83 bits per heavy atom. The van der Waals surface area contributed by atoms with Crippen LogP contribution < -0.4 is 0 Å². The molecule has 0 spiro atoms. The predicted octanol–water partition coefficient (Wildman–Crippen LogP) is 3.41. The van der Waals surface area contributed by atoms with E-state index < -0.39 is 0 Å². The molecule has 2 nitrogen and oxygen atoms in total. The predicted molar refractivity (Wildman–Crippen MR) is 74.9 cm³/mol. The molecule has 0 bridgehead atoms. The molecule has 0 radical (unpaired) electrons. The Morgan fingerprint density at radius 3 is 2.39 bits per heavy atom. The second-order valence-corrected chi connectivity index (χ2v) is 5.32. The van der Waals surface area contributed by atoms with Crippen LogP contribution in [0.1, 0.15) is 37.2 Å². The zero-order chi connectivity index (χ0) is 13.0. The molecule has 98 valence electrons. The minimum Gasteiger partial charge on any atom is -0.342 e. The summed E-state index contributed by atoms with van der Waals surface area (Å²) in [6.45, 7) is 0. The van der Waals surface area contributed by atoms with Crippen LogP contribution in [0.3, 0.4) is 0 Å². The molecule has 1 aromatic carbocycles. The number of nitrogens with zero attached hydrogens (tertiary/aromatic N) is 1. The maximum Gasteiger partial charge on any atom is 0.237 e. The van der Waals surface area contributed by atoms with Crippen molar-refractivity contribution in [1.82, 2.24) is 4.90 Å². The lowest BCUT2D eigenvalue weighted by Crippen LogP contribution is -2.39. The number of carbonyl (C=O) groups excluding carboxylic acids is 1. The summed E-state index contributed by atoms with van der Waals surface area (Å²) in [7, 11) is 1.87. The van der Waals surface area contributed by atoms with Gasteiger partial charge in [-0.1, -0.05) is 30.3 Å². The lowest BCUT2D eigenvalue weighted by molar-refractivity contribution is -0.129. The Labute approximate surface area is 114 Å². The van der Waals surface area contributed by atoms with E-state index in [-0.39, 0.29) is 11.8 Å². The Morgan fingerprint density at radius 1 is 1.22 bits per heavy atom. The lowest BCUT2D eigenvalue weighted by Gasteiger charge is -2.34. The fourth-order valence-electron chi connectivity index (χ4n) is 2.82. The van der Waals surface area contributed by atoms with Crippen LogP contribution in [0.15, 0.2) is 30.3 Å².